The van der Waals surface area contributed by atoms with Crippen LogP contribution in [-0.4, -0.2) is 17.5 Å². The summed E-state index contributed by atoms with van der Waals surface area (Å²) in [4.78, 5) is 11.6. The molecule has 1 N–H and O–H groups in total. The summed E-state index contributed by atoms with van der Waals surface area (Å²) < 4.78 is 0. The Balaban J connectivity index is 2.31. The summed E-state index contributed by atoms with van der Waals surface area (Å²) in [5.74, 6) is 5.50. The number of unbranched alkanes of at least 4 members (excludes halogenated alkanes) is 1. The predicted octanol–water partition coefficient (Wildman–Crippen LogP) is 2.04. The van der Waals surface area contributed by atoms with Gasteiger partial charge in [-0.05, 0) is 6.42 Å². The van der Waals surface area contributed by atoms with Gasteiger partial charge < -0.3 is 5.11 Å². The molecular formula is C13H14O2. The number of hydrogen-bond donors (Lipinski definition) is 1. The third-order valence-electron chi connectivity index (χ3n) is 2.01. The van der Waals surface area contributed by atoms with Crippen molar-refractivity contribution < 1.29 is 9.90 Å². The first-order valence-corrected chi connectivity index (χ1v) is 4.99. The van der Waals surface area contributed by atoms with Gasteiger partial charge in [-0.25, -0.2) is 0 Å². The number of Topliss-reactive ketones (excluding diaryl/α,β-unsaturated/α-hetero) is 1. The second-order valence-corrected chi connectivity index (χ2v) is 3.15. The lowest BCUT2D eigenvalue weighted by atomic mass is 10.1. The predicted molar refractivity (Wildman–Crippen MR) is 59.5 cm³/mol. The lowest BCUT2D eigenvalue weighted by Gasteiger charge is -1.97. The van der Waals surface area contributed by atoms with Crippen LogP contribution in [0.2, 0.25) is 0 Å². The maximum absolute atomic E-state index is 11.6. The molecule has 2 heteroatoms. The van der Waals surface area contributed by atoms with Gasteiger partial charge >= 0.3 is 0 Å². The third-order valence-corrected chi connectivity index (χ3v) is 2.01. The molecule has 1 aromatic carbocycles. The molecule has 1 rings (SSSR count). The minimum Gasteiger partial charge on any atom is -0.384 e. The van der Waals surface area contributed by atoms with Gasteiger partial charge in [-0.3, -0.25) is 4.79 Å². The first-order chi connectivity index (χ1) is 7.34. The van der Waals surface area contributed by atoms with Crippen LogP contribution in [0.4, 0.5) is 0 Å². The van der Waals surface area contributed by atoms with Crippen LogP contribution in [0.15, 0.2) is 30.3 Å². The summed E-state index contributed by atoms with van der Waals surface area (Å²) in [6, 6.07) is 9.25. The van der Waals surface area contributed by atoms with Crippen LogP contribution in [-0.2, 0) is 0 Å². The highest BCUT2D eigenvalue weighted by atomic mass is 16.2. The summed E-state index contributed by atoms with van der Waals surface area (Å²) >= 11 is 0. The van der Waals surface area contributed by atoms with Crippen molar-refractivity contribution in [2.24, 2.45) is 0 Å². The maximum Gasteiger partial charge on any atom is 0.162 e. The van der Waals surface area contributed by atoms with E-state index in [4.69, 9.17) is 5.11 Å². The molecule has 0 spiro atoms. The second-order valence-electron chi connectivity index (χ2n) is 3.15. The number of benzene rings is 1. The Bertz CT molecular complexity index is 357. The molecule has 0 radical (unpaired) electrons. The Morgan fingerprint density at radius 1 is 1.20 bits per heavy atom. The zero-order valence-electron chi connectivity index (χ0n) is 8.57. The van der Waals surface area contributed by atoms with E-state index >= 15 is 0 Å². The zero-order chi connectivity index (χ0) is 10.9. The smallest absolute Gasteiger partial charge is 0.162 e. The highest BCUT2D eigenvalue weighted by Gasteiger charge is 2.02. The minimum atomic E-state index is -0.105. The lowest BCUT2D eigenvalue weighted by molar-refractivity contribution is 0.0980. The van der Waals surface area contributed by atoms with Crippen molar-refractivity contribution in [1.82, 2.24) is 0 Å². The van der Waals surface area contributed by atoms with Crippen molar-refractivity contribution in [3.05, 3.63) is 35.9 Å². The van der Waals surface area contributed by atoms with Crippen molar-refractivity contribution in [3.63, 3.8) is 0 Å². The Morgan fingerprint density at radius 2 is 1.93 bits per heavy atom. The normalized spacial score (nSPS) is 9.13. The number of carbonyl (C=O) groups is 1. The van der Waals surface area contributed by atoms with Gasteiger partial charge in [0.25, 0.3) is 0 Å². The molecule has 0 bridgehead atoms. The van der Waals surface area contributed by atoms with Gasteiger partial charge in [-0.2, -0.15) is 0 Å². The summed E-state index contributed by atoms with van der Waals surface area (Å²) in [6.07, 6.45) is 1.93. The summed E-state index contributed by atoms with van der Waals surface area (Å²) in [7, 11) is 0. The van der Waals surface area contributed by atoms with E-state index in [1.165, 1.54) is 0 Å². The monoisotopic (exact) mass is 202 g/mol. The van der Waals surface area contributed by atoms with Crippen molar-refractivity contribution >= 4 is 5.78 Å². The Labute approximate surface area is 89.9 Å². The second kappa shape index (κ2) is 6.80. The zero-order valence-corrected chi connectivity index (χ0v) is 8.57. The molecule has 0 aliphatic rings. The number of aliphatic hydroxyl groups excluding tert-OH is 1. The average Bonchev–Trinajstić information content (AvgIpc) is 2.30. The maximum atomic E-state index is 11.6. The van der Waals surface area contributed by atoms with Crippen LogP contribution < -0.4 is 0 Å². The van der Waals surface area contributed by atoms with E-state index in [1.54, 1.807) is 0 Å². The number of hydrogen-bond acceptors (Lipinski definition) is 2. The van der Waals surface area contributed by atoms with Crippen LogP contribution in [0.3, 0.4) is 0 Å². The summed E-state index contributed by atoms with van der Waals surface area (Å²) in [6.45, 7) is -0.105. The molecule has 0 heterocycles. The first-order valence-electron chi connectivity index (χ1n) is 4.99. The summed E-state index contributed by atoms with van der Waals surface area (Å²) in [5, 5.41) is 8.41. The minimum absolute atomic E-state index is 0.105. The molecule has 0 aliphatic heterocycles. The molecule has 78 valence electrons. The molecule has 0 saturated carbocycles. The molecule has 1 aromatic rings. The number of ketones is 1. The molecule has 0 aromatic heterocycles. The van der Waals surface area contributed by atoms with Gasteiger partial charge in [0.05, 0.1) is 0 Å². The molecular weight excluding hydrogens is 188 g/mol. The summed E-state index contributed by atoms with van der Waals surface area (Å²) in [5.41, 5.74) is 0.757. The first kappa shape index (κ1) is 11.5. The van der Waals surface area contributed by atoms with Crippen LogP contribution in [0.5, 0.6) is 0 Å². The molecule has 0 amide bonds. The van der Waals surface area contributed by atoms with E-state index in [2.05, 4.69) is 11.8 Å². The van der Waals surface area contributed by atoms with Crippen molar-refractivity contribution in [3.8, 4) is 11.8 Å². The van der Waals surface area contributed by atoms with Gasteiger partial charge in [-0.1, -0.05) is 36.3 Å². The molecule has 0 aliphatic carbocycles. The third kappa shape index (κ3) is 4.44. The molecule has 0 saturated heterocycles. The molecule has 15 heavy (non-hydrogen) atoms. The van der Waals surface area contributed by atoms with E-state index in [1.807, 2.05) is 30.3 Å². The van der Waals surface area contributed by atoms with E-state index < -0.39 is 0 Å². The van der Waals surface area contributed by atoms with Crippen molar-refractivity contribution in [1.29, 1.82) is 0 Å². The number of rotatable bonds is 4. The topological polar surface area (TPSA) is 37.3 Å². The van der Waals surface area contributed by atoms with Crippen LogP contribution in [0.25, 0.3) is 0 Å². The SMILES string of the molecule is O=C(CCCC#CCO)c1ccccc1. The van der Waals surface area contributed by atoms with E-state index in [0.29, 0.717) is 12.8 Å². The average molecular weight is 202 g/mol. The van der Waals surface area contributed by atoms with Crippen molar-refractivity contribution in [2.75, 3.05) is 6.61 Å². The van der Waals surface area contributed by atoms with Crippen molar-refractivity contribution in [2.45, 2.75) is 19.3 Å². The van der Waals surface area contributed by atoms with Gasteiger partial charge in [0.1, 0.15) is 6.61 Å². The highest BCUT2D eigenvalue weighted by molar-refractivity contribution is 5.95. The Morgan fingerprint density at radius 3 is 2.60 bits per heavy atom. The molecule has 0 atom stereocenters. The highest BCUT2D eigenvalue weighted by Crippen LogP contribution is 2.05. The van der Waals surface area contributed by atoms with Crippen LogP contribution >= 0.6 is 0 Å². The fourth-order valence-corrected chi connectivity index (χ4v) is 1.25. The molecule has 0 unspecified atom stereocenters. The van der Waals surface area contributed by atoms with E-state index in [9.17, 15) is 4.79 Å². The van der Waals surface area contributed by atoms with Crippen LogP contribution in [0, 0.1) is 11.8 Å². The standard InChI is InChI=1S/C13H14O2/c14-11-7-2-1-6-10-13(15)12-8-4-3-5-9-12/h3-5,8-9,14H,1,6,10-11H2. The largest absolute Gasteiger partial charge is 0.384 e. The Hall–Kier alpha value is -1.59. The number of carbonyl (C=O) groups excluding carboxylic acids is 1. The van der Waals surface area contributed by atoms with E-state index in [-0.39, 0.29) is 12.4 Å². The van der Waals surface area contributed by atoms with Gasteiger partial charge in [-0.15, -0.1) is 5.92 Å². The Kier molecular flexibility index (Phi) is 5.21. The quantitative estimate of drug-likeness (QED) is 0.461. The van der Waals surface area contributed by atoms with Crippen LogP contribution in [0.1, 0.15) is 29.6 Å². The lowest BCUT2D eigenvalue weighted by Crippen LogP contribution is -1.97. The fraction of sp³-hybridized carbons (Fsp3) is 0.308. The van der Waals surface area contributed by atoms with Gasteiger partial charge in [0, 0.05) is 18.4 Å². The number of aliphatic hydroxyl groups is 1. The fourth-order valence-electron chi connectivity index (χ4n) is 1.25. The molecule has 2 nitrogen and oxygen atoms in total. The van der Waals surface area contributed by atoms with E-state index in [0.717, 1.165) is 12.0 Å². The van der Waals surface area contributed by atoms with Gasteiger partial charge in [0.2, 0.25) is 0 Å². The van der Waals surface area contributed by atoms with Gasteiger partial charge in [0.15, 0.2) is 5.78 Å². The molecule has 0 fully saturated rings.